The third-order valence-electron chi connectivity index (χ3n) is 2.26. The van der Waals surface area contributed by atoms with Crippen LogP contribution in [0.1, 0.15) is 13.8 Å². The number of anilines is 2. The first-order valence-corrected chi connectivity index (χ1v) is 5.24. The first-order chi connectivity index (χ1) is 8.26. The van der Waals surface area contributed by atoms with E-state index < -0.39 is 18.8 Å². The van der Waals surface area contributed by atoms with Gasteiger partial charge in [-0.1, -0.05) is 0 Å². The summed E-state index contributed by atoms with van der Waals surface area (Å²) in [5.74, 6) is 0.100. The van der Waals surface area contributed by atoms with Gasteiger partial charge in [0, 0.05) is 6.04 Å². The normalized spacial score (nSPS) is 11.7. The van der Waals surface area contributed by atoms with Gasteiger partial charge >= 0.3 is 6.18 Å². The number of nitrogens with two attached hydrogens (primary N) is 1. The first kappa shape index (κ1) is 14.3. The Balaban J connectivity index is 3.18. The van der Waals surface area contributed by atoms with Crippen molar-refractivity contribution in [3.05, 3.63) is 6.33 Å². The molecular formula is C10H15F3N4O. The number of alkyl halides is 3. The molecule has 0 atom stereocenters. The second kappa shape index (κ2) is 5.28. The van der Waals surface area contributed by atoms with Gasteiger partial charge in [-0.3, -0.25) is 0 Å². The minimum absolute atomic E-state index is 0.00956. The highest BCUT2D eigenvalue weighted by atomic mass is 19.4. The molecule has 8 heteroatoms. The molecule has 0 unspecified atom stereocenters. The number of aromatic nitrogens is 2. The number of nitrogen functional groups attached to an aromatic ring is 1. The van der Waals surface area contributed by atoms with E-state index in [1.54, 1.807) is 13.8 Å². The van der Waals surface area contributed by atoms with Gasteiger partial charge in [0.2, 0.25) is 5.75 Å². The van der Waals surface area contributed by atoms with Gasteiger partial charge in [0.05, 0.1) is 7.11 Å². The van der Waals surface area contributed by atoms with Crippen molar-refractivity contribution in [1.29, 1.82) is 0 Å². The van der Waals surface area contributed by atoms with Crippen LogP contribution in [-0.4, -0.2) is 35.8 Å². The van der Waals surface area contributed by atoms with E-state index in [9.17, 15) is 13.2 Å². The fourth-order valence-electron chi connectivity index (χ4n) is 1.47. The number of hydrogen-bond acceptors (Lipinski definition) is 5. The molecule has 1 rings (SSSR count). The van der Waals surface area contributed by atoms with Crippen LogP contribution in [0.4, 0.5) is 24.8 Å². The molecule has 0 fully saturated rings. The molecule has 0 amide bonds. The van der Waals surface area contributed by atoms with E-state index in [1.807, 2.05) is 0 Å². The molecule has 102 valence electrons. The quantitative estimate of drug-likeness (QED) is 0.899. The van der Waals surface area contributed by atoms with E-state index in [0.717, 1.165) is 11.2 Å². The summed E-state index contributed by atoms with van der Waals surface area (Å²) in [5.41, 5.74) is 5.55. The highest BCUT2D eigenvalue weighted by Gasteiger charge is 2.34. The molecule has 1 heterocycles. The molecule has 0 aliphatic rings. The minimum atomic E-state index is -4.34. The zero-order chi connectivity index (χ0) is 13.9. The highest BCUT2D eigenvalue weighted by molar-refractivity contribution is 5.63. The minimum Gasteiger partial charge on any atom is -0.490 e. The summed E-state index contributed by atoms with van der Waals surface area (Å²) in [6.07, 6.45) is -3.23. The van der Waals surface area contributed by atoms with E-state index in [-0.39, 0.29) is 17.4 Å². The molecule has 0 aromatic carbocycles. The Labute approximate surface area is 103 Å². The van der Waals surface area contributed by atoms with Crippen molar-refractivity contribution in [1.82, 2.24) is 9.97 Å². The van der Waals surface area contributed by atoms with Crippen LogP contribution < -0.4 is 15.4 Å². The molecule has 18 heavy (non-hydrogen) atoms. The van der Waals surface area contributed by atoms with Crippen LogP contribution in [0.15, 0.2) is 6.33 Å². The van der Waals surface area contributed by atoms with Crippen molar-refractivity contribution in [3.63, 3.8) is 0 Å². The molecule has 0 bridgehead atoms. The van der Waals surface area contributed by atoms with Crippen molar-refractivity contribution in [2.75, 3.05) is 24.3 Å². The van der Waals surface area contributed by atoms with Gasteiger partial charge in [0.1, 0.15) is 12.9 Å². The van der Waals surface area contributed by atoms with Crippen molar-refractivity contribution < 1.29 is 17.9 Å². The molecule has 2 N–H and O–H groups in total. The van der Waals surface area contributed by atoms with E-state index >= 15 is 0 Å². The Morgan fingerprint density at radius 2 is 2.00 bits per heavy atom. The van der Waals surface area contributed by atoms with Gasteiger partial charge in [-0.05, 0) is 13.8 Å². The lowest BCUT2D eigenvalue weighted by Crippen LogP contribution is -2.40. The molecule has 0 saturated heterocycles. The van der Waals surface area contributed by atoms with Crippen LogP contribution in [0.25, 0.3) is 0 Å². The lowest BCUT2D eigenvalue weighted by Gasteiger charge is -2.29. The summed E-state index contributed by atoms with van der Waals surface area (Å²) >= 11 is 0. The number of hydrogen-bond donors (Lipinski definition) is 1. The average Bonchev–Trinajstić information content (AvgIpc) is 2.24. The van der Waals surface area contributed by atoms with Crippen molar-refractivity contribution in [2.24, 2.45) is 0 Å². The fourth-order valence-corrected chi connectivity index (χ4v) is 1.47. The van der Waals surface area contributed by atoms with Crippen LogP contribution in [0.5, 0.6) is 5.75 Å². The van der Waals surface area contributed by atoms with Crippen molar-refractivity contribution in [2.45, 2.75) is 26.1 Å². The summed E-state index contributed by atoms with van der Waals surface area (Å²) in [6, 6.07) is -0.408. The summed E-state index contributed by atoms with van der Waals surface area (Å²) in [7, 11) is 1.31. The van der Waals surface area contributed by atoms with Gasteiger partial charge in [-0.15, -0.1) is 0 Å². The largest absolute Gasteiger partial charge is 0.490 e. The Bertz CT molecular complexity index is 409. The number of halogens is 3. The predicted octanol–water partition coefficient (Wildman–Crippen LogP) is 1.84. The SMILES string of the molecule is COc1c(N)ncnc1N(CC(F)(F)F)C(C)C. The molecule has 0 aliphatic heterocycles. The zero-order valence-corrected chi connectivity index (χ0v) is 10.3. The lowest BCUT2D eigenvalue weighted by molar-refractivity contribution is -0.120. The van der Waals surface area contributed by atoms with E-state index in [4.69, 9.17) is 10.5 Å². The maximum absolute atomic E-state index is 12.5. The number of ether oxygens (including phenoxy) is 1. The highest BCUT2D eigenvalue weighted by Crippen LogP contribution is 2.32. The third kappa shape index (κ3) is 3.38. The Kier molecular flexibility index (Phi) is 4.20. The number of methoxy groups -OCH3 is 1. The Morgan fingerprint density at radius 3 is 2.44 bits per heavy atom. The molecule has 5 nitrogen and oxygen atoms in total. The maximum Gasteiger partial charge on any atom is 0.405 e. The van der Waals surface area contributed by atoms with Gasteiger partial charge in [0.15, 0.2) is 11.6 Å². The zero-order valence-electron chi connectivity index (χ0n) is 10.3. The second-order valence-corrected chi connectivity index (χ2v) is 3.95. The first-order valence-electron chi connectivity index (χ1n) is 5.24. The summed E-state index contributed by atoms with van der Waals surface area (Å²) in [5, 5.41) is 0. The lowest BCUT2D eigenvalue weighted by atomic mass is 10.3. The molecule has 0 aliphatic carbocycles. The van der Waals surface area contributed by atoms with Crippen LogP contribution in [0.2, 0.25) is 0 Å². The third-order valence-corrected chi connectivity index (χ3v) is 2.26. The van der Waals surface area contributed by atoms with Gasteiger partial charge in [0.25, 0.3) is 0 Å². The summed E-state index contributed by atoms with van der Waals surface area (Å²) in [6.45, 7) is 2.13. The monoisotopic (exact) mass is 264 g/mol. The molecule has 1 aromatic rings. The summed E-state index contributed by atoms with van der Waals surface area (Å²) < 4.78 is 42.6. The molecule has 1 aromatic heterocycles. The van der Waals surface area contributed by atoms with Crippen LogP contribution >= 0.6 is 0 Å². The number of rotatable bonds is 4. The Hall–Kier alpha value is -1.73. The molecule has 0 spiro atoms. The second-order valence-electron chi connectivity index (χ2n) is 3.95. The maximum atomic E-state index is 12.5. The van der Waals surface area contributed by atoms with Gasteiger partial charge in [-0.2, -0.15) is 13.2 Å². The van der Waals surface area contributed by atoms with Crippen LogP contribution in [0.3, 0.4) is 0 Å². The molecular weight excluding hydrogens is 249 g/mol. The predicted molar refractivity (Wildman–Crippen MR) is 61.5 cm³/mol. The van der Waals surface area contributed by atoms with E-state index in [2.05, 4.69) is 9.97 Å². The van der Waals surface area contributed by atoms with Crippen LogP contribution in [-0.2, 0) is 0 Å². The van der Waals surface area contributed by atoms with Crippen molar-refractivity contribution in [3.8, 4) is 5.75 Å². The van der Waals surface area contributed by atoms with Gasteiger partial charge < -0.3 is 15.4 Å². The number of nitrogens with zero attached hydrogens (tertiary/aromatic N) is 3. The smallest absolute Gasteiger partial charge is 0.405 e. The summed E-state index contributed by atoms with van der Waals surface area (Å²) in [4.78, 5) is 8.57. The Morgan fingerprint density at radius 1 is 1.39 bits per heavy atom. The standard InChI is InChI=1S/C10H15F3N4O/c1-6(2)17(4-10(11,12)13)9-7(18-3)8(14)15-5-16-9/h5-6H,4H2,1-3H3,(H2,14,15,16). The fraction of sp³-hybridized carbons (Fsp3) is 0.600. The average molecular weight is 264 g/mol. The van der Waals surface area contributed by atoms with Crippen molar-refractivity contribution >= 4 is 11.6 Å². The molecule has 0 radical (unpaired) electrons. The van der Waals surface area contributed by atoms with Gasteiger partial charge in [-0.25, -0.2) is 9.97 Å². The molecule has 0 saturated carbocycles. The van der Waals surface area contributed by atoms with E-state index in [0.29, 0.717) is 0 Å². The van der Waals surface area contributed by atoms with E-state index in [1.165, 1.54) is 7.11 Å². The van der Waals surface area contributed by atoms with Crippen LogP contribution in [0, 0.1) is 0 Å². The topological polar surface area (TPSA) is 64.3 Å².